The van der Waals surface area contributed by atoms with E-state index in [0.29, 0.717) is 5.69 Å². The predicted octanol–water partition coefficient (Wildman–Crippen LogP) is 2.21. The lowest BCUT2D eigenvalue weighted by atomic mass is 10.1. The summed E-state index contributed by atoms with van der Waals surface area (Å²) in [7, 11) is 1.64. The predicted molar refractivity (Wildman–Crippen MR) is 51.4 cm³/mol. The molecule has 3 heteroatoms. The van der Waals surface area contributed by atoms with Crippen molar-refractivity contribution in [3.63, 3.8) is 0 Å². The minimum absolute atomic E-state index is 0.630. The van der Waals surface area contributed by atoms with Crippen LogP contribution in [-0.2, 0) is 6.42 Å². The number of hydrogen-bond donors (Lipinski definition) is 1. The first-order valence-corrected chi connectivity index (χ1v) is 4.17. The second kappa shape index (κ2) is 2.98. The first-order chi connectivity index (χ1) is 6.35. The Hall–Kier alpha value is -1.69. The first-order valence-electron chi connectivity index (χ1n) is 4.17. The normalized spacial score (nSPS) is 12.9. The fraction of sp³-hybridized carbons (Fsp3) is 0.300. The Kier molecular flexibility index (Phi) is 1.82. The summed E-state index contributed by atoms with van der Waals surface area (Å²) in [5.41, 5.74) is 2.87. The monoisotopic (exact) mass is 174 g/mol. The van der Waals surface area contributed by atoms with E-state index in [4.69, 9.17) is 11.3 Å². The Balaban J connectivity index is 2.57. The molecule has 0 bridgehead atoms. The van der Waals surface area contributed by atoms with E-state index >= 15 is 0 Å². The molecule has 0 saturated carbocycles. The van der Waals surface area contributed by atoms with Gasteiger partial charge in [-0.2, -0.15) is 0 Å². The highest BCUT2D eigenvalue weighted by Crippen LogP contribution is 2.35. The van der Waals surface area contributed by atoms with Crippen molar-refractivity contribution in [1.82, 2.24) is 0 Å². The van der Waals surface area contributed by atoms with Crippen molar-refractivity contribution < 1.29 is 4.74 Å². The number of methoxy groups -OCH3 is 1. The topological polar surface area (TPSA) is 25.6 Å². The summed E-state index contributed by atoms with van der Waals surface area (Å²) in [5.74, 6) is 0.827. The molecular formula is C10H10N2O. The molecule has 1 aliphatic rings. The number of anilines is 1. The molecule has 0 aromatic heterocycles. The minimum Gasteiger partial charge on any atom is -0.498 e. The highest BCUT2D eigenvalue weighted by atomic mass is 16.5. The SMILES string of the molecule is [C-]#[N+]c1cc2c(c(OC)c1)CCN2. The van der Waals surface area contributed by atoms with E-state index in [9.17, 15) is 0 Å². The molecule has 1 heterocycles. The second-order valence-electron chi connectivity index (χ2n) is 2.96. The molecule has 0 unspecified atom stereocenters. The Labute approximate surface area is 77.2 Å². The maximum atomic E-state index is 6.92. The zero-order chi connectivity index (χ0) is 9.26. The van der Waals surface area contributed by atoms with Crippen LogP contribution in [-0.4, -0.2) is 13.7 Å². The van der Waals surface area contributed by atoms with Gasteiger partial charge in [-0.15, -0.1) is 0 Å². The third kappa shape index (κ3) is 1.20. The smallest absolute Gasteiger partial charge is 0.192 e. The van der Waals surface area contributed by atoms with Crippen LogP contribution in [0.1, 0.15) is 5.56 Å². The average molecular weight is 174 g/mol. The zero-order valence-corrected chi connectivity index (χ0v) is 7.42. The maximum Gasteiger partial charge on any atom is 0.192 e. The molecule has 13 heavy (non-hydrogen) atoms. The van der Waals surface area contributed by atoms with Gasteiger partial charge in [0.2, 0.25) is 0 Å². The van der Waals surface area contributed by atoms with Gasteiger partial charge in [0.1, 0.15) is 5.75 Å². The number of nitrogens with one attached hydrogen (secondary N) is 1. The van der Waals surface area contributed by atoms with E-state index in [1.807, 2.05) is 6.07 Å². The lowest BCUT2D eigenvalue weighted by Crippen LogP contribution is -1.90. The third-order valence-corrected chi connectivity index (χ3v) is 2.23. The van der Waals surface area contributed by atoms with Crippen molar-refractivity contribution in [2.75, 3.05) is 19.0 Å². The molecule has 2 rings (SSSR count). The van der Waals surface area contributed by atoms with E-state index in [-0.39, 0.29) is 0 Å². The number of fused-ring (bicyclic) bond motifs is 1. The Morgan fingerprint density at radius 2 is 2.38 bits per heavy atom. The van der Waals surface area contributed by atoms with Crippen molar-refractivity contribution in [2.24, 2.45) is 0 Å². The van der Waals surface area contributed by atoms with E-state index < -0.39 is 0 Å². The van der Waals surface area contributed by atoms with Gasteiger partial charge in [0.15, 0.2) is 5.69 Å². The van der Waals surface area contributed by atoms with Gasteiger partial charge in [0.05, 0.1) is 13.7 Å². The summed E-state index contributed by atoms with van der Waals surface area (Å²) in [6, 6.07) is 3.66. The molecule has 0 amide bonds. The molecule has 0 atom stereocenters. The highest BCUT2D eigenvalue weighted by Gasteiger charge is 2.15. The highest BCUT2D eigenvalue weighted by molar-refractivity contribution is 5.69. The summed E-state index contributed by atoms with van der Waals surface area (Å²) >= 11 is 0. The fourth-order valence-corrected chi connectivity index (χ4v) is 1.62. The van der Waals surface area contributed by atoms with Crippen LogP contribution < -0.4 is 10.1 Å². The number of hydrogen-bond acceptors (Lipinski definition) is 2. The summed E-state index contributed by atoms with van der Waals surface area (Å²) < 4.78 is 5.22. The lowest BCUT2D eigenvalue weighted by molar-refractivity contribution is 0.411. The van der Waals surface area contributed by atoms with Crippen LogP contribution in [0, 0.1) is 6.57 Å². The van der Waals surface area contributed by atoms with E-state index in [0.717, 1.165) is 24.4 Å². The molecule has 0 saturated heterocycles. The van der Waals surface area contributed by atoms with Gasteiger partial charge in [-0.05, 0) is 18.6 Å². The van der Waals surface area contributed by atoms with Crippen LogP contribution >= 0.6 is 0 Å². The first kappa shape index (κ1) is 7.93. The van der Waals surface area contributed by atoms with Gasteiger partial charge >= 0.3 is 0 Å². The van der Waals surface area contributed by atoms with Crippen LogP contribution in [0.5, 0.6) is 5.75 Å². The summed E-state index contributed by atoms with van der Waals surface area (Å²) in [6.45, 7) is 7.86. The van der Waals surface area contributed by atoms with Crippen molar-refractivity contribution in [1.29, 1.82) is 0 Å². The van der Waals surface area contributed by atoms with E-state index in [1.165, 1.54) is 5.56 Å². The van der Waals surface area contributed by atoms with E-state index in [1.54, 1.807) is 13.2 Å². The molecular weight excluding hydrogens is 164 g/mol. The molecule has 0 fully saturated rings. The second-order valence-corrected chi connectivity index (χ2v) is 2.96. The Morgan fingerprint density at radius 3 is 3.08 bits per heavy atom. The summed E-state index contributed by atoms with van der Waals surface area (Å²) in [6.07, 6.45) is 0.983. The molecule has 0 radical (unpaired) electrons. The van der Waals surface area contributed by atoms with Crippen molar-refractivity contribution in [3.05, 3.63) is 29.1 Å². The van der Waals surface area contributed by atoms with Gasteiger partial charge in [-0.1, -0.05) is 0 Å². The molecule has 1 aromatic carbocycles. The third-order valence-electron chi connectivity index (χ3n) is 2.23. The number of rotatable bonds is 1. The van der Waals surface area contributed by atoms with Crippen LogP contribution in [0.25, 0.3) is 4.85 Å². The van der Waals surface area contributed by atoms with Gasteiger partial charge in [0, 0.05) is 17.8 Å². The zero-order valence-electron chi connectivity index (χ0n) is 7.42. The number of nitrogens with zero attached hydrogens (tertiary/aromatic N) is 1. The number of ether oxygens (including phenoxy) is 1. The lowest BCUT2D eigenvalue weighted by Gasteiger charge is -2.06. The Bertz CT molecular complexity index is 379. The standard InChI is InChI=1S/C10H10N2O/c1-11-7-5-9-8(3-4-12-9)10(6-7)13-2/h5-6,12H,3-4H2,2H3. The van der Waals surface area contributed by atoms with Crippen LogP contribution in [0.2, 0.25) is 0 Å². The summed E-state index contributed by atoms with van der Waals surface area (Å²) in [4.78, 5) is 3.39. The van der Waals surface area contributed by atoms with Crippen LogP contribution in [0.4, 0.5) is 11.4 Å². The summed E-state index contributed by atoms with van der Waals surface area (Å²) in [5, 5.41) is 3.23. The Morgan fingerprint density at radius 1 is 1.54 bits per heavy atom. The molecule has 1 aliphatic heterocycles. The van der Waals surface area contributed by atoms with Crippen molar-refractivity contribution >= 4 is 11.4 Å². The van der Waals surface area contributed by atoms with E-state index in [2.05, 4.69) is 10.2 Å². The molecule has 0 aliphatic carbocycles. The van der Waals surface area contributed by atoms with Gasteiger partial charge in [-0.25, -0.2) is 4.85 Å². The fourth-order valence-electron chi connectivity index (χ4n) is 1.62. The van der Waals surface area contributed by atoms with Crippen molar-refractivity contribution in [3.8, 4) is 5.75 Å². The maximum absolute atomic E-state index is 6.92. The average Bonchev–Trinajstić information content (AvgIpc) is 2.63. The molecule has 0 spiro atoms. The van der Waals surface area contributed by atoms with Gasteiger partial charge in [-0.3, -0.25) is 0 Å². The number of benzene rings is 1. The van der Waals surface area contributed by atoms with Crippen molar-refractivity contribution in [2.45, 2.75) is 6.42 Å². The van der Waals surface area contributed by atoms with Crippen LogP contribution in [0.3, 0.4) is 0 Å². The molecule has 1 aromatic rings. The molecule has 3 nitrogen and oxygen atoms in total. The molecule has 66 valence electrons. The quantitative estimate of drug-likeness (QED) is 0.660. The largest absolute Gasteiger partial charge is 0.498 e. The minimum atomic E-state index is 0.630. The van der Waals surface area contributed by atoms with Gasteiger partial charge < -0.3 is 10.1 Å². The van der Waals surface area contributed by atoms with Gasteiger partial charge in [0.25, 0.3) is 0 Å². The molecule has 1 N–H and O–H groups in total. The van der Waals surface area contributed by atoms with Crippen LogP contribution in [0.15, 0.2) is 12.1 Å².